The Labute approximate surface area is 160 Å². The number of carbonyl (C=O) groups excluding carboxylic acids is 2. The van der Waals surface area contributed by atoms with Crippen molar-refractivity contribution in [2.75, 3.05) is 14.2 Å². The van der Waals surface area contributed by atoms with Gasteiger partial charge in [0.05, 0.1) is 20.6 Å². The molecule has 0 bridgehead atoms. The molecule has 0 atom stereocenters. The third-order valence-electron chi connectivity index (χ3n) is 3.52. The number of hydrogen-bond acceptors (Lipinski definition) is 6. The summed E-state index contributed by atoms with van der Waals surface area (Å²) < 4.78 is 43.6. The van der Waals surface area contributed by atoms with E-state index >= 15 is 0 Å². The SMILES string of the molecule is COC(=O)/C=C/c1ccc(OC(=O)Cc2ccc(OC(F)F)cc2)c(OC)c1. The summed E-state index contributed by atoms with van der Waals surface area (Å²) in [7, 11) is 2.69. The van der Waals surface area contributed by atoms with E-state index < -0.39 is 18.6 Å². The molecule has 0 saturated carbocycles. The van der Waals surface area contributed by atoms with Crippen LogP contribution in [0.2, 0.25) is 0 Å². The van der Waals surface area contributed by atoms with Crippen molar-refractivity contribution in [1.29, 1.82) is 0 Å². The van der Waals surface area contributed by atoms with Crippen molar-refractivity contribution in [3.8, 4) is 17.2 Å². The quantitative estimate of drug-likeness (QED) is 0.388. The third kappa shape index (κ3) is 6.39. The number of ether oxygens (including phenoxy) is 4. The van der Waals surface area contributed by atoms with Gasteiger partial charge in [0.15, 0.2) is 11.5 Å². The van der Waals surface area contributed by atoms with Crippen molar-refractivity contribution in [2.24, 2.45) is 0 Å². The van der Waals surface area contributed by atoms with Crippen LogP contribution in [0.25, 0.3) is 6.08 Å². The van der Waals surface area contributed by atoms with E-state index in [1.54, 1.807) is 12.1 Å². The van der Waals surface area contributed by atoms with E-state index in [2.05, 4.69) is 9.47 Å². The molecule has 0 N–H and O–H groups in total. The van der Waals surface area contributed by atoms with E-state index in [4.69, 9.17) is 9.47 Å². The lowest BCUT2D eigenvalue weighted by molar-refractivity contribution is -0.135. The van der Waals surface area contributed by atoms with Crippen LogP contribution in [0.3, 0.4) is 0 Å². The number of benzene rings is 2. The fourth-order valence-electron chi connectivity index (χ4n) is 2.22. The molecule has 2 aromatic rings. The smallest absolute Gasteiger partial charge is 0.387 e. The number of halogens is 2. The summed E-state index contributed by atoms with van der Waals surface area (Å²) in [5.74, 6) is -0.538. The molecule has 0 radical (unpaired) electrons. The first-order chi connectivity index (χ1) is 13.4. The highest BCUT2D eigenvalue weighted by atomic mass is 19.3. The largest absolute Gasteiger partial charge is 0.493 e. The van der Waals surface area contributed by atoms with Crippen molar-refractivity contribution in [1.82, 2.24) is 0 Å². The van der Waals surface area contributed by atoms with E-state index in [0.29, 0.717) is 16.9 Å². The Kier molecular flexibility index (Phi) is 7.50. The molecule has 6 nitrogen and oxygen atoms in total. The van der Waals surface area contributed by atoms with Crippen LogP contribution in [0.15, 0.2) is 48.5 Å². The van der Waals surface area contributed by atoms with Gasteiger partial charge in [-0.05, 0) is 41.5 Å². The molecule has 0 saturated heterocycles. The van der Waals surface area contributed by atoms with Crippen molar-refractivity contribution < 1.29 is 37.3 Å². The molecule has 0 aliphatic rings. The Bertz CT molecular complexity index is 846. The summed E-state index contributed by atoms with van der Waals surface area (Å²) in [6.07, 6.45) is 2.72. The van der Waals surface area contributed by atoms with Crippen LogP contribution in [-0.2, 0) is 20.7 Å². The predicted molar refractivity (Wildman–Crippen MR) is 96.5 cm³/mol. The monoisotopic (exact) mass is 392 g/mol. The van der Waals surface area contributed by atoms with Gasteiger partial charge in [-0.2, -0.15) is 8.78 Å². The molecule has 8 heteroatoms. The standard InChI is InChI=1S/C20H18F2O6/c1-25-17-11-13(6-10-18(23)26-2)5-9-16(17)28-19(24)12-14-3-7-15(8-4-14)27-20(21)22/h3-11,20H,12H2,1-2H3/b10-6+. The summed E-state index contributed by atoms with van der Waals surface area (Å²) in [5.41, 5.74) is 1.22. The fraction of sp³-hybridized carbons (Fsp3) is 0.200. The van der Waals surface area contributed by atoms with Gasteiger partial charge in [0.25, 0.3) is 0 Å². The van der Waals surface area contributed by atoms with Crippen LogP contribution in [0.5, 0.6) is 17.2 Å². The molecule has 2 aromatic carbocycles. The van der Waals surface area contributed by atoms with Gasteiger partial charge in [-0.15, -0.1) is 0 Å². The summed E-state index contributed by atoms with van der Waals surface area (Å²) in [5, 5.41) is 0. The first-order valence-electron chi connectivity index (χ1n) is 8.09. The molecule has 0 spiro atoms. The van der Waals surface area contributed by atoms with E-state index in [0.717, 1.165) is 0 Å². The molecule has 0 aliphatic carbocycles. The van der Waals surface area contributed by atoms with Gasteiger partial charge >= 0.3 is 18.6 Å². The predicted octanol–water partition coefficient (Wildman–Crippen LogP) is 3.63. The summed E-state index contributed by atoms with van der Waals surface area (Å²) in [6, 6.07) is 10.5. The second-order valence-electron chi connectivity index (χ2n) is 5.44. The number of alkyl halides is 2. The Morgan fingerprint density at radius 1 is 1.04 bits per heavy atom. The minimum atomic E-state index is -2.91. The van der Waals surface area contributed by atoms with Gasteiger partial charge in [0, 0.05) is 6.08 Å². The second-order valence-corrected chi connectivity index (χ2v) is 5.44. The topological polar surface area (TPSA) is 71.1 Å². The zero-order chi connectivity index (χ0) is 20.5. The number of rotatable bonds is 8. The first kappa shape index (κ1) is 20.9. The zero-order valence-electron chi connectivity index (χ0n) is 15.2. The van der Waals surface area contributed by atoms with E-state index in [-0.39, 0.29) is 17.9 Å². The maximum absolute atomic E-state index is 12.1. The van der Waals surface area contributed by atoms with Gasteiger partial charge in [-0.25, -0.2) is 4.79 Å². The van der Waals surface area contributed by atoms with Crippen molar-refractivity contribution >= 4 is 18.0 Å². The Morgan fingerprint density at radius 3 is 2.36 bits per heavy atom. The lowest BCUT2D eigenvalue weighted by atomic mass is 10.1. The Hall–Kier alpha value is -3.42. The maximum atomic E-state index is 12.1. The normalized spacial score (nSPS) is 10.8. The van der Waals surface area contributed by atoms with Crippen LogP contribution in [0.1, 0.15) is 11.1 Å². The zero-order valence-corrected chi connectivity index (χ0v) is 15.2. The van der Waals surface area contributed by atoms with Crippen LogP contribution >= 0.6 is 0 Å². The van der Waals surface area contributed by atoms with Gasteiger partial charge < -0.3 is 18.9 Å². The highest BCUT2D eigenvalue weighted by molar-refractivity contribution is 5.87. The molecule has 0 amide bonds. The number of carbonyl (C=O) groups is 2. The van der Waals surface area contributed by atoms with Crippen molar-refractivity contribution in [2.45, 2.75) is 13.0 Å². The summed E-state index contributed by atoms with van der Waals surface area (Å²) in [6.45, 7) is -2.91. The van der Waals surface area contributed by atoms with Crippen LogP contribution < -0.4 is 14.2 Å². The lowest BCUT2D eigenvalue weighted by Crippen LogP contribution is -2.12. The number of methoxy groups -OCH3 is 2. The molecule has 0 heterocycles. The maximum Gasteiger partial charge on any atom is 0.387 e. The van der Waals surface area contributed by atoms with Crippen LogP contribution in [0.4, 0.5) is 8.78 Å². The van der Waals surface area contributed by atoms with E-state index in [1.807, 2.05) is 0 Å². The van der Waals surface area contributed by atoms with Crippen LogP contribution in [-0.4, -0.2) is 32.8 Å². The van der Waals surface area contributed by atoms with Gasteiger partial charge in [-0.3, -0.25) is 4.79 Å². The van der Waals surface area contributed by atoms with E-state index in [9.17, 15) is 18.4 Å². The summed E-state index contributed by atoms with van der Waals surface area (Å²) in [4.78, 5) is 23.3. The lowest BCUT2D eigenvalue weighted by Gasteiger charge is -2.10. The molecular formula is C20H18F2O6. The minimum absolute atomic E-state index is 0.00406. The summed E-state index contributed by atoms with van der Waals surface area (Å²) >= 11 is 0. The average molecular weight is 392 g/mol. The average Bonchev–Trinajstić information content (AvgIpc) is 2.67. The highest BCUT2D eigenvalue weighted by Crippen LogP contribution is 2.29. The second kappa shape index (κ2) is 10.1. The van der Waals surface area contributed by atoms with Crippen molar-refractivity contribution in [3.05, 3.63) is 59.7 Å². The molecular weight excluding hydrogens is 374 g/mol. The Morgan fingerprint density at radius 2 is 1.75 bits per heavy atom. The van der Waals surface area contributed by atoms with Gasteiger partial charge in [0.2, 0.25) is 0 Å². The Balaban J connectivity index is 2.02. The molecule has 0 fully saturated rings. The number of esters is 2. The fourth-order valence-corrected chi connectivity index (χ4v) is 2.22. The van der Waals surface area contributed by atoms with Gasteiger partial charge in [0.1, 0.15) is 5.75 Å². The highest BCUT2D eigenvalue weighted by Gasteiger charge is 2.12. The molecule has 28 heavy (non-hydrogen) atoms. The first-order valence-corrected chi connectivity index (χ1v) is 8.09. The van der Waals surface area contributed by atoms with Crippen LogP contribution in [0, 0.1) is 0 Å². The van der Waals surface area contributed by atoms with Gasteiger partial charge in [-0.1, -0.05) is 18.2 Å². The molecule has 148 valence electrons. The minimum Gasteiger partial charge on any atom is -0.493 e. The number of hydrogen-bond donors (Lipinski definition) is 0. The van der Waals surface area contributed by atoms with E-state index in [1.165, 1.54) is 56.7 Å². The molecule has 0 unspecified atom stereocenters. The third-order valence-corrected chi connectivity index (χ3v) is 3.52. The molecule has 0 aliphatic heterocycles. The van der Waals surface area contributed by atoms with Crippen molar-refractivity contribution in [3.63, 3.8) is 0 Å². The molecule has 2 rings (SSSR count). The molecule has 0 aromatic heterocycles.